The van der Waals surface area contributed by atoms with Crippen molar-refractivity contribution in [3.63, 3.8) is 0 Å². The lowest BCUT2D eigenvalue weighted by atomic mass is 10.00. The predicted molar refractivity (Wildman–Crippen MR) is 109 cm³/mol. The number of amidine groups is 1. The Morgan fingerprint density at radius 3 is 2.85 bits per heavy atom. The summed E-state index contributed by atoms with van der Waals surface area (Å²) in [7, 11) is 0. The van der Waals surface area contributed by atoms with Gasteiger partial charge in [0.05, 0.1) is 20.5 Å². The average Bonchev–Trinajstić information content (AvgIpc) is 3.16. The molecule has 1 unspecified atom stereocenters. The monoisotopic (exact) mass is 406 g/mol. The van der Waals surface area contributed by atoms with E-state index >= 15 is 0 Å². The molecule has 1 aliphatic rings. The number of hydrogen-bond acceptors (Lipinski definition) is 4. The van der Waals surface area contributed by atoms with E-state index in [-0.39, 0.29) is 5.84 Å². The summed E-state index contributed by atoms with van der Waals surface area (Å²) in [4.78, 5) is 6.50. The Morgan fingerprint density at radius 1 is 1.38 bits per heavy atom. The maximum atomic E-state index is 12.7. The Balaban J connectivity index is 1.74. The Hall–Kier alpha value is -1.54. The highest BCUT2D eigenvalue weighted by Crippen LogP contribution is 2.43. The molecule has 3 aromatic heterocycles. The lowest BCUT2D eigenvalue weighted by Crippen LogP contribution is -2.63. The number of nitrogens with one attached hydrogen (secondary N) is 2. The van der Waals surface area contributed by atoms with E-state index in [4.69, 9.17) is 17.0 Å². The van der Waals surface area contributed by atoms with Crippen LogP contribution < -0.4 is 5.32 Å². The van der Waals surface area contributed by atoms with Crippen LogP contribution in [0.1, 0.15) is 25.6 Å². The smallest absolute Gasteiger partial charge is 0.176 e. The number of thiophene rings is 1. The zero-order chi connectivity index (χ0) is 18.7. The number of nitrogens with zero attached hydrogens (tertiary/aromatic N) is 2. The molecule has 0 aromatic carbocycles. The van der Waals surface area contributed by atoms with Crippen molar-refractivity contribution in [1.82, 2.24) is 14.7 Å². The van der Waals surface area contributed by atoms with Gasteiger partial charge in [0.1, 0.15) is 16.9 Å². The fourth-order valence-corrected chi connectivity index (χ4v) is 6.14. The van der Waals surface area contributed by atoms with E-state index in [0.29, 0.717) is 10.8 Å². The first kappa shape index (κ1) is 17.9. The molecule has 1 fully saturated rings. The molecule has 8 heteroatoms. The predicted octanol–water partition coefficient (Wildman–Crippen LogP) is 4.04. The van der Waals surface area contributed by atoms with Crippen molar-refractivity contribution < 1.29 is 4.55 Å². The molecular formula is C18H19ClN4OS2. The van der Waals surface area contributed by atoms with Gasteiger partial charge >= 0.3 is 0 Å². The third kappa shape index (κ3) is 2.74. The molecule has 0 saturated carbocycles. The summed E-state index contributed by atoms with van der Waals surface area (Å²) < 4.78 is 14.0. The second-order valence-corrected chi connectivity index (χ2v) is 10.7. The van der Waals surface area contributed by atoms with Crippen LogP contribution in [0.2, 0.25) is 5.02 Å². The van der Waals surface area contributed by atoms with E-state index in [1.165, 1.54) is 11.3 Å². The SMILES string of the molecule is CC1(C)C(=N)N[C@](C)(c2sc(-c3cn4ccccc4n3)cc2Cl)C[S+]1[O-]. The van der Waals surface area contributed by atoms with Gasteiger partial charge in [-0.3, -0.25) is 5.41 Å². The van der Waals surface area contributed by atoms with Crippen LogP contribution in [0.3, 0.4) is 0 Å². The Kier molecular flexibility index (Phi) is 4.11. The number of pyridine rings is 1. The topological polar surface area (TPSA) is 76.2 Å². The van der Waals surface area contributed by atoms with E-state index in [1.807, 2.05) is 61.8 Å². The zero-order valence-corrected chi connectivity index (χ0v) is 17.1. The summed E-state index contributed by atoms with van der Waals surface area (Å²) in [5, 5.41) is 12.1. The first-order valence-electron chi connectivity index (χ1n) is 8.20. The maximum absolute atomic E-state index is 12.7. The maximum Gasteiger partial charge on any atom is 0.176 e. The number of aromatic nitrogens is 2. The van der Waals surface area contributed by atoms with Crippen molar-refractivity contribution in [2.45, 2.75) is 31.1 Å². The molecule has 136 valence electrons. The standard InChI is InChI=1S/C18H19ClN4OS2/c1-17(2)16(20)22-18(3,10-26(17)24)15-11(19)8-13(25-15)12-9-23-7-5-4-6-14(23)21-12/h4-9H,10H2,1-3H3,(H2,20,22)/t18-,26?/m0/s1. The summed E-state index contributed by atoms with van der Waals surface area (Å²) in [5.74, 6) is 0.691. The molecule has 3 aromatic rings. The minimum Gasteiger partial charge on any atom is -0.616 e. The van der Waals surface area contributed by atoms with Crippen molar-refractivity contribution in [3.05, 3.63) is 46.6 Å². The molecule has 4 rings (SSSR count). The zero-order valence-electron chi connectivity index (χ0n) is 14.7. The normalized spacial score (nSPS) is 25.4. The van der Waals surface area contributed by atoms with Crippen LogP contribution in [0.15, 0.2) is 36.7 Å². The lowest BCUT2D eigenvalue weighted by Gasteiger charge is -2.43. The van der Waals surface area contributed by atoms with Crippen molar-refractivity contribution in [2.75, 3.05) is 5.75 Å². The summed E-state index contributed by atoms with van der Waals surface area (Å²) in [6.45, 7) is 5.62. The van der Waals surface area contributed by atoms with Gasteiger partial charge in [-0.05, 0) is 50.1 Å². The molecule has 1 saturated heterocycles. The van der Waals surface area contributed by atoms with Gasteiger partial charge < -0.3 is 14.3 Å². The molecule has 0 amide bonds. The van der Waals surface area contributed by atoms with Gasteiger partial charge in [0.2, 0.25) is 0 Å². The Bertz CT molecular complexity index is 979. The van der Waals surface area contributed by atoms with Gasteiger partial charge in [-0.1, -0.05) is 17.7 Å². The highest BCUT2D eigenvalue weighted by atomic mass is 35.5. The summed E-state index contributed by atoms with van der Waals surface area (Å²) >= 11 is 6.92. The third-order valence-electron chi connectivity index (χ3n) is 4.80. The quantitative estimate of drug-likeness (QED) is 0.630. The molecule has 0 aliphatic carbocycles. The van der Waals surface area contributed by atoms with Crippen LogP contribution in [-0.4, -0.2) is 30.3 Å². The van der Waals surface area contributed by atoms with E-state index in [0.717, 1.165) is 21.1 Å². The average molecular weight is 407 g/mol. The molecule has 2 N–H and O–H groups in total. The van der Waals surface area contributed by atoms with Crippen molar-refractivity contribution in [1.29, 1.82) is 5.41 Å². The van der Waals surface area contributed by atoms with Crippen LogP contribution in [0.5, 0.6) is 0 Å². The first-order chi connectivity index (χ1) is 12.2. The van der Waals surface area contributed by atoms with E-state index in [1.54, 1.807) is 0 Å². The fourth-order valence-electron chi connectivity index (χ4n) is 3.07. The minimum atomic E-state index is -1.17. The third-order valence-corrected chi connectivity index (χ3v) is 8.81. The molecule has 4 heterocycles. The number of halogens is 1. The second-order valence-electron chi connectivity index (χ2n) is 7.21. The molecular weight excluding hydrogens is 388 g/mol. The van der Waals surface area contributed by atoms with Gasteiger partial charge in [0.25, 0.3) is 0 Å². The van der Waals surface area contributed by atoms with Crippen LogP contribution >= 0.6 is 22.9 Å². The summed E-state index contributed by atoms with van der Waals surface area (Å²) in [5.41, 5.74) is 1.10. The van der Waals surface area contributed by atoms with Gasteiger partial charge in [-0.25, -0.2) is 4.98 Å². The van der Waals surface area contributed by atoms with Crippen LogP contribution in [0.25, 0.3) is 16.2 Å². The number of fused-ring (bicyclic) bond motifs is 1. The molecule has 5 nitrogen and oxygen atoms in total. The van der Waals surface area contributed by atoms with Gasteiger partial charge in [-0.15, -0.1) is 11.3 Å². The Labute approximate surface area is 164 Å². The van der Waals surface area contributed by atoms with Crippen LogP contribution in [0.4, 0.5) is 0 Å². The highest BCUT2D eigenvalue weighted by molar-refractivity contribution is 7.93. The molecule has 0 bridgehead atoms. The van der Waals surface area contributed by atoms with Crippen LogP contribution in [-0.2, 0) is 16.7 Å². The Morgan fingerprint density at radius 2 is 2.15 bits per heavy atom. The van der Waals surface area contributed by atoms with E-state index in [9.17, 15) is 4.55 Å². The van der Waals surface area contributed by atoms with E-state index < -0.39 is 21.5 Å². The number of hydrogen-bond donors (Lipinski definition) is 2. The van der Waals surface area contributed by atoms with Gasteiger partial charge in [0.15, 0.2) is 10.6 Å². The van der Waals surface area contributed by atoms with E-state index in [2.05, 4.69) is 10.3 Å². The molecule has 2 atom stereocenters. The fraction of sp³-hybridized carbons (Fsp3) is 0.333. The van der Waals surface area contributed by atoms with Crippen LogP contribution in [0, 0.1) is 5.41 Å². The minimum absolute atomic E-state index is 0.281. The second kappa shape index (κ2) is 5.99. The van der Waals surface area contributed by atoms with Crippen molar-refractivity contribution in [2.24, 2.45) is 0 Å². The molecule has 0 radical (unpaired) electrons. The summed E-state index contributed by atoms with van der Waals surface area (Å²) in [6, 6.07) is 7.77. The largest absolute Gasteiger partial charge is 0.616 e. The highest BCUT2D eigenvalue weighted by Gasteiger charge is 2.50. The van der Waals surface area contributed by atoms with Gasteiger partial charge in [-0.2, -0.15) is 0 Å². The molecule has 26 heavy (non-hydrogen) atoms. The van der Waals surface area contributed by atoms with Gasteiger partial charge in [0, 0.05) is 12.4 Å². The first-order valence-corrected chi connectivity index (χ1v) is 10.7. The molecule has 1 aliphatic heterocycles. The number of rotatable bonds is 2. The van der Waals surface area contributed by atoms with Crippen molar-refractivity contribution in [3.8, 4) is 10.6 Å². The molecule has 0 spiro atoms. The number of imidazole rings is 1. The summed E-state index contributed by atoms with van der Waals surface area (Å²) in [6.07, 6.45) is 3.93. The van der Waals surface area contributed by atoms with Crippen molar-refractivity contribution >= 4 is 45.6 Å². The lowest BCUT2D eigenvalue weighted by molar-refractivity contribution is 0.449.